The number of carbonyl (C=O) groups excluding carboxylic acids is 1. The van der Waals surface area contributed by atoms with E-state index in [0.29, 0.717) is 5.56 Å². The summed E-state index contributed by atoms with van der Waals surface area (Å²) >= 11 is 0. The third-order valence-electron chi connectivity index (χ3n) is 8.92. The quantitative estimate of drug-likeness (QED) is 0.0239. The van der Waals surface area contributed by atoms with E-state index in [0.717, 1.165) is 0 Å². The minimum atomic E-state index is -7.05. The first-order valence-corrected chi connectivity index (χ1v) is 18.8. The molecule has 0 amide bonds. The number of aromatic nitrogens is 4. The Morgan fingerprint density at radius 1 is 1.03 bits per heavy atom. The van der Waals surface area contributed by atoms with Crippen molar-refractivity contribution in [3.05, 3.63) is 78.6 Å². The van der Waals surface area contributed by atoms with Gasteiger partial charge in [-0.1, -0.05) is 54.5 Å². The number of hydrogen-bond acceptors (Lipinski definition) is 11. The van der Waals surface area contributed by atoms with Gasteiger partial charge in [0.15, 0.2) is 22.6 Å². The fraction of sp³-hybridized carbons (Fsp3) is 0.429. The van der Waals surface area contributed by atoms with E-state index < -0.39 is 100 Å². The van der Waals surface area contributed by atoms with Crippen LogP contribution in [0.5, 0.6) is 5.75 Å². The Morgan fingerprint density at radius 3 is 2.31 bits per heavy atom. The van der Waals surface area contributed by atoms with Crippen LogP contribution in [0, 0.1) is 18.4 Å². The Morgan fingerprint density at radius 2 is 1.68 bits per heavy atom. The zero-order valence-electron chi connectivity index (χ0n) is 30.1. The van der Waals surface area contributed by atoms with Crippen molar-refractivity contribution in [2.45, 2.75) is 80.0 Å². The number of alkyl halides is 9. The van der Waals surface area contributed by atoms with Gasteiger partial charge in [0.25, 0.3) is 0 Å². The third kappa shape index (κ3) is 9.73. The number of halogens is 10. The van der Waals surface area contributed by atoms with Crippen molar-refractivity contribution < 1.29 is 76.9 Å². The molecule has 0 spiro atoms. The second-order valence-electron chi connectivity index (χ2n) is 13.1. The average molecular weight is 871 g/mol. The predicted molar refractivity (Wildman–Crippen MR) is 185 cm³/mol. The number of imidazole rings is 1. The topological polar surface area (TPSA) is 173 Å². The molecule has 24 heteroatoms. The van der Waals surface area contributed by atoms with Crippen LogP contribution in [0.15, 0.2) is 67.0 Å². The van der Waals surface area contributed by atoms with Crippen LogP contribution in [0.4, 0.5) is 49.7 Å². The van der Waals surface area contributed by atoms with Crippen molar-refractivity contribution in [2.24, 2.45) is 0 Å². The minimum Gasteiger partial charge on any atom is -0.465 e. The number of unbranched alkanes of at least 4 members (excludes halogenated alkanes) is 1. The standard InChI is InChI=1S/C35H33F10N6O7P/c1-2-31(24(52)18-25(57-31)51-20-47-26-27(46)48-30(36)49-28(26)51)19-56-59(54,58-22-13-7-4-8-14-22)50-23(17-21-11-5-3-6-12-21)29(53)55-16-10-9-15-32(37,38)33(39,40)34(41,42)35(43,44)45/h1,3-8,11-14,20,23-25,52H,9-10,15-19H2,(H,50,54)(H2,46,48,49)/t23-,24-,25+,31+,59?/m0/s1. The Bertz CT molecular complexity index is 2180. The molecular formula is C35H33F10N6O7P. The zero-order valence-corrected chi connectivity index (χ0v) is 31.0. The maximum atomic E-state index is 14.5. The van der Waals surface area contributed by atoms with Gasteiger partial charge in [0.1, 0.15) is 30.7 Å². The number of nitrogens with zero attached hydrogens (tertiary/aromatic N) is 4. The van der Waals surface area contributed by atoms with Crippen molar-refractivity contribution in [3.63, 3.8) is 0 Å². The highest BCUT2D eigenvalue weighted by molar-refractivity contribution is 7.52. The lowest BCUT2D eigenvalue weighted by atomic mass is 9.99. The Hall–Kier alpha value is -5.01. The zero-order chi connectivity index (χ0) is 43.4. The molecule has 1 aliphatic heterocycles. The molecule has 4 N–H and O–H groups in total. The van der Waals surface area contributed by atoms with E-state index in [-0.39, 0.29) is 35.6 Å². The van der Waals surface area contributed by atoms with Crippen LogP contribution in [-0.4, -0.2) is 85.5 Å². The number of para-hydroxylation sites is 1. The number of terminal acetylenes is 1. The van der Waals surface area contributed by atoms with Crippen LogP contribution >= 0.6 is 7.75 Å². The second kappa shape index (κ2) is 17.3. The van der Waals surface area contributed by atoms with E-state index in [1.807, 2.05) is 0 Å². The number of esters is 1. The van der Waals surface area contributed by atoms with Crippen LogP contribution in [0.1, 0.15) is 37.5 Å². The van der Waals surface area contributed by atoms with Gasteiger partial charge in [-0.15, -0.1) is 6.42 Å². The number of aliphatic hydroxyl groups excluding tert-OH is 1. The van der Waals surface area contributed by atoms with Crippen LogP contribution in [0.3, 0.4) is 0 Å². The summed E-state index contributed by atoms with van der Waals surface area (Å²) in [5, 5.41) is 13.6. The monoisotopic (exact) mass is 870 g/mol. The number of nitrogens with one attached hydrogen (secondary N) is 1. The molecule has 13 nitrogen and oxygen atoms in total. The molecule has 5 atom stereocenters. The Labute approximate surface area is 327 Å². The van der Waals surface area contributed by atoms with Crippen molar-refractivity contribution in [2.75, 3.05) is 18.9 Å². The molecule has 1 saturated heterocycles. The van der Waals surface area contributed by atoms with E-state index in [1.165, 1.54) is 35.2 Å². The van der Waals surface area contributed by atoms with Gasteiger partial charge in [0, 0.05) is 12.8 Å². The van der Waals surface area contributed by atoms with Crippen LogP contribution in [0.25, 0.3) is 11.2 Å². The van der Waals surface area contributed by atoms with E-state index in [9.17, 15) is 58.4 Å². The Kier molecular flexibility index (Phi) is 13.2. The highest BCUT2D eigenvalue weighted by Crippen LogP contribution is 2.54. The molecule has 1 fully saturated rings. The number of benzene rings is 2. The van der Waals surface area contributed by atoms with Gasteiger partial charge in [-0.25, -0.2) is 9.55 Å². The van der Waals surface area contributed by atoms with Crippen LogP contribution < -0.4 is 15.3 Å². The summed E-state index contributed by atoms with van der Waals surface area (Å²) in [6.07, 6.45) is -8.43. The van der Waals surface area contributed by atoms with Gasteiger partial charge < -0.3 is 24.8 Å². The second-order valence-corrected chi connectivity index (χ2v) is 14.8. The van der Waals surface area contributed by atoms with Gasteiger partial charge in [-0.2, -0.15) is 59.0 Å². The molecule has 0 bridgehead atoms. The Balaban J connectivity index is 1.33. The molecule has 0 radical (unpaired) electrons. The molecule has 2 aromatic carbocycles. The van der Waals surface area contributed by atoms with E-state index in [1.54, 1.807) is 36.4 Å². The number of rotatable bonds is 18. The van der Waals surface area contributed by atoms with Gasteiger partial charge in [-0.05, 0) is 37.0 Å². The van der Waals surface area contributed by atoms with Crippen molar-refractivity contribution in [3.8, 4) is 18.1 Å². The normalized spacial score (nSPS) is 20.5. The smallest absolute Gasteiger partial charge is 0.460 e. The van der Waals surface area contributed by atoms with Gasteiger partial charge in [-0.3, -0.25) is 13.9 Å². The number of aliphatic hydroxyl groups is 1. The number of hydrogen-bond donors (Lipinski definition) is 3. The summed E-state index contributed by atoms with van der Waals surface area (Å²) in [7, 11) is -4.86. The van der Waals surface area contributed by atoms with E-state index >= 15 is 0 Å². The lowest BCUT2D eigenvalue weighted by Gasteiger charge is -2.33. The maximum absolute atomic E-state index is 14.5. The summed E-state index contributed by atoms with van der Waals surface area (Å²) in [4.78, 5) is 24.6. The van der Waals surface area contributed by atoms with Gasteiger partial charge in [0.2, 0.25) is 0 Å². The average Bonchev–Trinajstić information content (AvgIpc) is 3.74. The largest absolute Gasteiger partial charge is 0.465 e. The lowest BCUT2D eigenvalue weighted by molar-refractivity contribution is -0.396. The summed E-state index contributed by atoms with van der Waals surface area (Å²) < 4.78 is 172. The van der Waals surface area contributed by atoms with Crippen LogP contribution in [0.2, 0.25) is 0 Å². The first-order valence-electron chi connectivity index (χ1n) is 17.2. The molecule has 3 heterocycles. The molecule has 59 heavy (non-hydrogen) atoms. The van der Waals surface area contributed by atoms with Gasteiger partial charge in [0.05, 0.1) is 12.9 Å². The molecule has 2 aromatic heterocycles. The highest BCUT2D eigenvalue weighted by Gasteiger charge is 2.81. The number of nitrogen functional groups attached to an aromatic ring is 1. The van der Waals surface area contributed by atoms with E-state index in [2.05, 4.69) is 26.0 Å². The first kappa shape index (κ1) is 45.1. The highest BCUT2D eigenvalue weighted by atomic mass is 31.2. The van der Waals surface area contributed by atoms with Crippen molar-refractivity contribution in [1.29, 1.82) is 0 Å². The minimum absolute atomic E-state index is 0.00493. The first-order chi connectivity index (χ1) is 27.5. The number of carbonyl (C=O) groups is 1. The van der Waals surface area contributed by atoms with Crippen molar-refractivity contribution >= 4 is 30.7 Å². The number of nitrogens with two attached hydrogens (primary N) is 1. The maximum Gasteiger partial charge on any atom is 0.460 e. The summed E-state index contributed by atoms with van der Waals surface area (Å²) in [5.74, 6) is -19.0. The van der Waals surface area contributed by atoms with Crippen molar-refractivity contribution in [1.82, 2.24) is 24.6 Å². The summed E-state index contributed by atoms with van der Waals surface area (Å²) in [6, 6.07) is 13.5. The molecule has 0 aliphatic carbocycles. The SMILES string of the molecule is C#C[C@]1(COP(=O)(N[C@@H](Cc2ccccc2)C(=O)OCCCCC(F)(F)C(F)(F)C(F)(F)C(F)(F)F)Oc2ccccc2)O[C@@H](n2cnc3c(N)nc(F)nc32)C[C@@H]1O. The lowest BCUT2D eigenvalue weighted by Crippen LogP contribution is -2.60. The van der Waals surface area contributed by atoms with Gasteiger partial charge >= 0.3 is 43.7 Å². The fourth-order valence-corrected chi connectivity index (χ4v) is 7.26. The fourth-order valence-electron chi connectivity index (χ4n) is 5.75. The third-order valence-corrected chi connectivity index (χ3v) is 10.5. The van der Waals surface area contributed by atoms with E-state index in [4.69, 9.17) is 30.7 Å². The molecule has 5 rings (SSSR count). The molecule has 1 aliphatic rings. The molecule has 320 valence electrons. The summed E-state index contributed by atoms with van der Waals surface area (Å²) in [5.41, 5.74) is 3.96. The number of anilines is 1. The molecule has 1 unspecified atom stereocenters. The summed E-state index contributed by atoms with van der Waals surface area (Å²) in [6.45, 7) is -1.73. The molecule has 4 aromatic rings. The van der Waals surface area contributed by atoms with Crippen LogP contribution in [-0.2, 0) is 29.8 Å². The number of ether oxygens (including phenoxy) is 2. The predicted octanol–water partition coefficient (Wildman–Crippen LogP) is 6.79. The molecule has 0 saturated carbocycles. The number of fused-ring (bicyclic) bond motifs is 1. The molecular weight excluding hydrogens is 837 g/mol.